The van der Waals surface area contributed by atoms with Crippen LogP contribution in [0, 0.1) is 0 Å². The number of anilines is 4. The number of allylic oxidation sites excluding steroid dienone is 1. The number of benzene rings is 4. The van der Waals surface area contributed by atoms with Gasteiger partial charge in [0.25, 0.3) is 14.9 Å². The maximum atomic E-state index is 14.6. The molecule has 0 saturated carbocycles. The molecular formula is C45H54N4O7P2. The van der Waals surface area contributed by atoms with E-state index in [1.165, 1.54) is 0 Å². The molecule has 6 rings (SSSR count). The van der Waals surface area contributed by atoms with E-state index in [9.17, 15) is 23.5 Å². The quantitative estimate of drug-likeness (QED) is 0.0422. The summed E-state index contributed by atoms with van der Waals surface area (Å²) in [6, 6.07) is 38.4. The Bertz CT molecular complexity index is 2010. The van der Waals surface area contributed by atoms with Crippen molar-refractivity contribution in [2.24, 2.45) is 0 Å². The van der Waals surface area contributed by atoms with E-state index in [0.29, 0.717) is 49.8 Å². The van der Waals surface area contributed by atoms with E-state index in [2.05, 4.69) is 13.2 Å². The second kappa shape index (κ2) is 21.8. The first-order valence-corrected chi connectivity index (χ1v) is 22.6. The summed E-state index contributed by atoms with van der Waals surface area (Å²) in [5.74, 6) is -0.904. The van der Waals surface area contributed by atoms with Gasteiger partial charge in [0.1, 0.15) is 6.29 Å². The van der Waals surface area contributed by atoms with Gasteiger partial charge in [0.2, 0.25) is 0 Å². The maximum Gasteiger partial charge on any atom is 0.338 e. The monoisotopic (exact) mass is 824 g/mol. The van der Waals surface area contributed by atoms with E-state index in [-0.39, 0.29) is 18.6 Å². The molecule has 2 saturated heterocycles. The molecule has 0 spiro atoms. The highest BCUT2D eigenvalue weighted by Gasteiger charge is 2.48. The second-order valence-corrected chi connectivity index (χ2v) is 18.2. The Morgan fingerprint density at radius 2 is 0.931 bits per heavy atom. The number of ether oxygens (including phenoxy) is 2. The fraction of sp³-hybridized carbons (Fsp3) is 0.267. The van der Waals surface area contributed by atoms with Gasteiger partial charge in [0, 0.05) is 60.7 Å². The van der Waals surface area contributed by atoms with E-state index < -0.39 is 26.8 Å². The lowest BCUT2D eigenvalue weighted by molar-refractivity contribution is -0.142. The topological polar surface area (TPSA) is 117 Å². The summed E-state index contributed by atoms with van der Waals surface area (Å²) >= 11 is 0. The van der Waals surface area contributed by atoms with Crippen LogP contribution in [0.2, 0.25) is 0 Å². The van der Waals surface area contributed by atoms with Crippen LogP contribution in [-0.2, 0) is 33.0 Å². The number of aldehydes is 1. The highest BCUT2D eigenvalue weighted by molar-refractivity contribution is 7.72. The van der Waals surface area contributed by atoms with Crippen molar-refractivity contribution in [3.8, 4) is 0 Å². The molecule has 58 heavy (non-hydrogen) atoms. The van der Waals surface area contributed by atoms with E-state index >= 15 is 0 Å². The van der Waals surface area contributed by atoms with Crippen LogP contribution in [0.1, 0.15) is 40.5 Å². The zero-order valence-electron chi connectivity index (χ0n) is 33.8. The number of carbonyl (C=O) groups excluding carboxylic acids is 3. The molecule has 2 heterocycles. The molecule has 0 bridgehead atoms. The van der Waals surface area contributed by atoms with E-state index in [4.69, 9.17) is 9.47 Å². The Labute approximate surface area is 343 Å². The lowest BCUT2D eigenvalue weighted by Crippen LogP contribution is -2.22. The molecule has 306 valence electrons. The largest absolute Gasteiger partial charge is 0.466 e. The minimum absolute atomic E-state index is 0.0578. The Hall–Kier alpha value is -5.63. The molecule has 0 aromatic heterocycles. The number of hydrogen-bond acceptors (Lipinski definition) is 7. The van der Waals surface area contributed by atoms with Crippen molar-refractivity contribution < 1.29 is 33.0 Å². The van der Waals surface area contributed by atoms with Gasteiger partial charge >= 0.3 is 11.9 Å². The van der Waals surface area contributed by atoms with Crippen molar-refractivity contribution >= 4 is 55.9 Å². The summed E-state index contributed by atoms with van der Waals surface area (Å²) in [4.78, 5) is 33.7. The summed E-state index contributed by atoms with van der Waals surface area (Å²) in [6.07, 6.45) is 3.09. The number of hydrogen-bond donors (Lipinski definition) is 0. The van der Waals surface area contributed by atoms with Gasteiger partial charge in [-0.2, -0.15) is 0 Å². The first kappa shape index (κ1) is 45.1. The van der Waals surface area contributed by atoms with Crippen LogP contribution in [0.4, 0.5) is 22.7 Å². The van der Waals surface area contributed by atoms with Crippen LogP contribution in [-0.4, -0.2) is 57.6 Å². The fourth-order valence-corrected chi connectivity index (χ4v) is 12.5. The van der Waals surface area contributed by atoms with Gasteiger partial charge < -0.3 is 32.9 Å². The predicted molar refractivity (Wildman–Crippen MR) is 237 cm³/mol. The standard InChI is InChI=1S/C22H25N2O3P.C20H23N2O3P.C3H6O/c1-4-21(22(25)27-5-2)18(3)28(26)23(19-12-8-6-9-13-19)16-17-24(28)20-14-10-7-11-15-20;1-3-25-20(23)16-17(2)26(24)21(18-10-6-4-7-11-18)14-15-22(26)19-12-8-5-9-13-19;1-2-3-4/h4,6-15H,3,5,16-17H2,1-2H3;4-13H,2-3,14-16H2,1H3;3H,2H2,1H3/b21-4-;;. The third-order valence-corrected chi connectivity index (χ3v) is 15.5. The highest BCUT2D eigenvalue weighted by atomic mass is 31.2. The molecule has 11 nitrogen and oxygen atoms in total. The van der Waals surface area contributed by atoms with E-state index in [1.807, 2.05) is 147 Å². The lowest BCUT2D eigenvalue weighted by Gasteiger charge is -2.34. The van der Waals surface area contributed by atoms with Crippen molar-refractivity contribution in [1.29, 1.82) is 0 Å². The third kappa shape index (κ3) is 10.3. The summed E-state index contributed by atoms with van der Waals surface area (Å²) < 4.78 is 46.6. The molecule has 0 unspecified atom stereocenters. The van der Waals surface area contributed by atoms with Gasteiger partial charge in [-0.05, 0) is 69.3 Å². The van der Waals surface area contributed by atoms with Crippen LogP contribution < -0.4 is 18.7 Å². The van der Waals surface area contributed by atoms with Gasteiger partial charge in [0.05, 0.1) is 30.5 Å². The van der Waals surface area contributed by atoms with Gasteiger partial charge in [-0.15, -0.1) is 0 Å². The number of para-hydroxylation sites is 4. The molecule has 2 fully saturated rings. The van der Waals surface area contributed by atoms with Crippen LogP contribution in [0.25, 0.3) is 0 Å². The lowest BCUT2D eigenvalue weighted by atomic mass is 10.2. The molecule has 0 radical (unpaired) electrons. The Balaban J connectivity index is 0.000000236. The van der Waals surface area contributed by atoms with Crippen LogP contribution >= 0.6 is 14.9 Å². The average Bonchev–Trinajstić information content (AvgIpc) is 3.80. The SMILES string of the molecule is C=C(/C(=C/C)C(=O)OCC)P1(=O)N(c2ccccc2)CCN1c1ccccc1.C=C(CC(=O)OCC)P1(=O)N(c2ccccc2)CCN1c1ccccc1.CCC=O. The van der Waals surface area contributed by atoms with Gasteiger partial charge in [-0.25, -0.2) is 4.79 Å². The van der Waals surface area contributed by atoms with Crippen molar-refractivity contribution in [3.05, 3.63) is 157 Å². The van der Waals surface area contributed by atoms with E-state index in [1.54, 1.807) is 26.8 Å². The van der Waals surface area contributed by atoms with Gasteiger partial charge in [-0.1, -0.05) is 99.0 Å². The molecular weight excluding hydrogens is 770 g/mol. The van der Waals surface area contributed by atoms with Crippen molar-refractivity contribution in [1.82, 2.24) is 0 Å². The van der Waals surface area contributed by atoms with E-state index in [0.717, 1.165) is 29.0 Å². The van der Waals surface area contributed by atoms with Crippen molar-refractivity contribution in [2.45, 2.75) is 40.5 Å². The Kier molecular flexibility index (Phi) is 16.9. The van der Waals surface area contributed by atoms with Crippen LogP contribution in [0.3, 0.4) is 0 Å². The smallest absolute Gasteiger partial charge is 0.338 e. The highest BCUT2D eigenvalue weighted by Crippen LogP contribution is 2.67. The first-order chi connectivity index (χ1) is 28.0. The molecule has 4 aromatic rings. The molecule has 2 aliphatic heterocycles. The molecule has 0 amide bonds. The minimum Gasteiger partial charge on any atom is -0.466 e. The zero-order valence-corrected chi connectivity index (χ0v) is 35.6. The van der Waals surface area contributed by atoms with Gasteiger partial charge in [0.15, 0.2) is 0 Å². The fourth-order valence-electron chi connectivity index (χ4n) is 6.61. The van der Waals surface area contributed by atoms with Crippen molar-refractivity contribution in [3.63, 3.8) is 0 Å². The molecule has 13 heteroatoms. The van der Waals surface area contributed by atoms with Crippen LogP contribution in [0.5, 0.6) is 0 Å². The number of carbonyl (C=O) groups is 3. The maximum absolute atomic E-state index is 14.6. The predicted octanol–water partition coefficient (Wildman–Crippen LogP) is 10.5. The summed E-state index contributed by atoms with van der Waals surface area (Å²) in [5, 5.41) is 0.680. The summed E-state index contributed by atoms with van der Waals surface area (Å²) in [5.41, 5.74) is 3.65. The molecule has 4 aromatic carbocycles. The number of nitrogens with zero attached hydrogens (tertiary/aromatic N) is 4. The molecule has 0 atom stereocenters. The molecule has 0 N–H and O–H groups in total. The first-order valence-electron chi connectivity index (χ1n) is 19.4. The number of esters is 2. The summed E-state index contributed by atoms with van der Waals surface area (Å²) in [6.45, 7) is 18.1. The minimum atomic E-state index is -3.37. The van der Waals surface area contributed by atoms with Crippen LogP contribution in [0.15, 0.2) is 157 Å². The average molecular weight is 825 g/mol. The Morgan fingerprint density at radius 3 is 1.22 bits per heavy atom. The second-order valence-electron chi connectivity index (χ2n) is 12.9. The number of rotatable bonds is 13. The Morgan fingerprint density at radius 1 is 0.603 bits per heavy atom. The third-order valence-electron chi connectivity index (χ3n) is 9.25. The van der Waals surface area contributed by atoms with Crippen molar-refractivity contribution in [2.75, 3.05) is 58.1 Å². The van der Waals surface area contributed by atoms with Gasteiger partial charge in [-0.3, -0.25) is 13.9 Å². The normalized spacial score (nSPS) is 15.3. The molecule has 2 aliphatic rings. The molecule has 0 aliphatic carbocycles. The zero-order chi connectivity index (χ0) is 42.1. The summed E-state index contributed by atoms with van der Waals surface area (Å²) in [7, 11) is -6.60.